The van der Waals surface area contributed by atoms with E-state index in [1.54, 1.807) is 0 Å². The predicted octanol–water partition coefficient (Wildman–Crippen LogP) is 11.4. The minimum absolute atomic E-state index is 0.113. The van der Waals surface area contributed by atoms with Gasteiger partial charge in [-0.1, -0.05) is 182 Å². The van der Waals surface area contributed by atoms with Gasteiger partial charge in [0.05, 0.1) is 0 Å². The molecule has 0 aliphatic carbocycles. The van der Waals surface area contributed by atoms with Gasteiger partial charge in [0.2, 0.25) is 11.8 Å². The first kappa shape index (κ1) is 40.9. The van der Waals surface area contributed by atoms with E-state index in [0.717, 1.165) is 37.5 Å². The van der Waals surface area contributed by atoms with Crippen molar-refractivity contribution in [1.29, 1.82) is 0 Å². The van der Waals surface area contributed by atoms with E-state index in [-0.39, 0.29) is 23.7 Å². The molecule has 2 atom stereocenters. The smallest absolute Gasteiger partial charge is 0.220 e. The van der Waals surface area contributed by atoms with Gasteiger partial charge in [-0.15, -0.1) is 0 Å². The Morgan fingerprint density at radius 3 is 0.714 bits per heavy atom. The van der Waals surface area contributed by atoms with E-state index < -0.39 is 0 Å². The third-order valence-electron chi connectivity index (χ3n) is 9.34. The lowest BCUT2D eigenvalue weighted by Gasteiger charge is -2.17. The van der Waals surface area contributed by atoms with Gasteiger partial charge in [-0.25, -0.2) is 0 Å². The third-order valence-corrected chi connectivity index (χ3v) is 9.34. The Morgan fingerprint density at radius 2 is 0.524 bits per heavy atom. The molecule has 0 bridgehead atoms. The molecule has 0 fully saturated rings. The summed E-state index contributed by atoms with van der Waals surface area (Å²) in [6.07, 6.45) is 34.8. The molecular formula is C38H76N2O2. The second-order valence-corrected chi connectivity index (χ2v) is 14.5. The van der Waals surface area contributed by atoms with Crippen LogP contribution in [0, 0.1) is 23.7 Å². The summed E-state index contributed by atoms with van der Waals surface area (Å²) >= 11 is 0. The number of carbonyl (C=O) groups excluding carboxylic acids is 2. The summed E-state index contributed by atoms with van der Waals surface area (Å²) in [4.78, 5) is 24.1. The highest BCUT2D eigenvalue weighted by Gasteiger charge is 2.20. The Kier molecular flexibility index (Phi) is 29.2. The summed E-state index contributed by atoms with van der Waals surface area (Å²) < 4.78 is 0. The third kappa shape index (κ3) is 29.0. The number of primary amides is 2. The maximum Gasteiger partial charge on any atom is 0.220 e. The Bertz CT molecular complexity index is 552. The standard InChI is InChI=1S/C38H76N2O2/c1-33(2)27-23-19-15-11-7-5-9-13-17-21-25-29-35(37(39)41)31-32-36(38(40)42)30-26-22-18-14-10-6-8-12-16-20-24-28-34(3)4/h33-36H,5-32H2,1-4H3,(H2,39,41)(H2,40,42). The molecule has 0 saturated heterocycles. The molecule has 0 aliphatic heterocycles. The van der Waals surface area contributed by atoms with Gasteiger partial charge < -0.3 is 11.5 Å². The van der Waals surface area contributed by atoms with Crippen LogP contribution in [0.2, 0.25) is 0 Å². The molecule has 0 aromatic carbocycles. The van der Waals surface area contributed by atoms with Crippen molar-refractivity contribution in [3.63, 3.8) is 0 Å². The van der Waals surface area contributed by atoms with E-state index in [2.05, 4.69) is 27.7 Å². The van der Waals surface area contributed by atoms with E-state index in [9.17, 15) is 9.59 Å². The topological polar surface area (TPSA) is 86.2 Å². The molecule has 4 N–H and O–H groups in total. The molecule has 0 heterocycles. The number of carbonyl (C=O) groups is 2. The van der Waals surface area contributed by atoms with Gasteiger partial charge >= 0.3 is 0 Å². The van der Waals surface area contributed by atoms with E-state index >= 15 is 0 Å². The minimum Gasteiger partial charge on any atom is -0.369 e. The van der Waals surface area contributed by atoms with Crippen molar-refractivity contribution >= 4 is 11.8 Å². The van der Waals surface area contributed by atoms with Crippen LogP contribution in [0.4, 0.5) is 0 Å². The van der Waals surface area contributed by atoms with E-state index in [1.165, 1.54) is 141 Å². The first-order chi connectivity index (χ1) is 20.2. The lowest BCUT2D eigenvalue weighted by molar-refractivity contribution is -0.124. The van der Waals surface area contributed by atoms with Gasteiger partial charge in [0.15, 0.2) is 0 Å². The Balaban J connectivity index is 3.78. The quantitative estimate of drug-likeness (QED) is 0.0742. The van der Waals surface area contributed by atoms with E-state index in [4.69, 9.17) is 11.5 Å². The second kappa shape index (κ2) is 30.0. The second-order valence-electron chi connectivity index (χ2n) is 14.5. The highest BCUT2D eigenvalue weighted by atomic mass is 16.1. The summed E-state index contributed by atoms with van der Waals surface area (Å²) in [7, 11) is 0. The molecule has 0 aliphatic rings. The summed E-state index contributed by atoms with van der Waals surface area (Å²) in [6.45, 7) is 9.26. The van der Waals surface area contributed by atoms with Crippen LogP contribution in [0.3, 0.4) is 0 Å². The van der Waals surface area contributed by atoms with E-state index in [0.29, 0.717) is 12.8 Å². The Hall–Kier alpha value is -1.06. The molecule has 2 unspecified atom stereocenters. The van der Waals surface area contributed by atoms with Crippen LogP contribution in [-0.2, 0) is 9.59 Å². The average molecular weight is 593 g/mol. The molecular weight excluding hydrogens is 516 g/mol. The van der Waals surface area contributed by atoms with Gasteiger partial charge in [-0.3, -0.25) is 9.59 Å². The van der Waals surface area contributed by atoms with Gasteiger partial charge in [0.25, 0.3) is 0 Å². The minimum atomic E-state index is -0.206. The molecule has 4 nitrogen and oxygen atoms in total. The maximum absolute atomic E-state index is 12.1. The van der Waals surface area contributed by atoms with Crippen LogP contribution in [0.25, 0.3) is 0 Å². The number of hydrogen-bond donors (Lipinski definition) is 2. The zero-order valence-corrected chi connectivity index (χ0v) is 29.1. The average Bonchev–Trinajstić information content (AvgIpc) is 2.93. The summed E-state index contributed by atoms with van der Waals surface area (Å²) in [5, 5.41) is 0. The van der Waals surface area contributed by atoms with Crippen molar-refractivity contribution in [1.82, 2.24) is 0 Å². The van der Waals surface area contributed by atoms with Gasteiger partial charge in [-0.05, 0) is 37.5 Å². The van der Waals surface area contributed by atoms with Gasteiger partial charge in [-0.2, -0.15) is 0 Å². The summed E-state index contributed by atoms with van der Waals surface area (Å²) in [6, 6.07) is 0. The van der Waals surface area contributed by atoms with Crippen LogP contribution in [-0.4, -0.2) is 11.8 Å². The molecule has 0 rings (SSSR count). The molecule has 42 heavy (non-hydrogen) atoms. The fourth-order valence-electron chi connectivity index (χ4n) is 6.33. The highest BCUT2D eigenvalue weighted by Crippen LogP contribution is 2.23. The predicted molar refractivity (Wildman–Crippen MR) is 184 cm³/mol. The van der Waals surface area contributed by atoms with Crippen LogP contribution in [0.5, 0.6) is 0 Å². The molecule has 0 saturated carbocycles. The zero-order valence-electron chi connectivity index (χ0n) is 29.1. The van der Waals surface area contributed by atoms with Gasteiger partial charge in [0, 0.05) is 11.8 Å². The van der Waals surface area contributed by atoms with Crippen molar-refractivity contribution in [3.8, 4) is 0 Å². The van der Waals surface area contributed by atoms with Crippen molar-refractivity contribution in [3.05, 3.63) is 0 Å². The molecule has 0 aromatic rings. The lowest BCUT2D eigenvalue weighted by Crippen LogP contribution is -2.27. The molecule has 0 aromatic heterocycles. The molecule has 250 valence electrons. The number of rotatable bonds is 33. The monoisotopic (exact) mass is 593 g/mol. The molecule has 0 radical (unpaired) electrons. The number of hydrogen-bond acceptors (Lipinski definition) is 2. The van der Waals surface area contributed by atoms with E-state index in [1.807, 2.05) is 0 Å². The first-order valence-electron chi connectivity index (χ1n) is 18.8. The highest BCUT2D eigenvalue weighted by molar-refractivity contribution is 5.78. The van der Waals surface area contributed by atoms with Crippen molar-refractivity contribution < 1.29 is 9.59 Å². The SMILES string of the molecule is CC(C)CCCCCCCCCCCCCC(CCC(CCCCCCCCCCCCCC(C)C)C(N)=O)C(N)=O. The molecule has 4 heteroatoms. The van der Waals surface area contributed by atoms with Gasteiger partial charge in [0.1, 0.15) is 0 Å². The summed E-state index contributed by atoms with van der Waals surface area (Å²) in [5.74, 6) is 1.05. The number of unbranched alkanes of at least 4 members (excludes halogenated alkanes) is 20. The van der Waals surface area contributed by atoms with Crippen LogP contribution >= 0.6 is 0 Å². The maximum atomic E-state index is 12.1. The summed E-state index contributed by atoms with van der Waals surface area (Å²) in [5.41, 5.74) is 11.5. The lowest BCUT2D eigenvalue weighted by atomic mass is 9.88. The first-order valence-corrected chi connectivity index (χ1v) is 18.8. The Labute approximate surface area is 263 Å². The van der Waals surface area contributed by atoms with Crippen LogP contribution in [0.1, 0.15) is 207 Å². The number of nitrogens with two attached hydrogens (primary N) is 2. The normalized spacial score (nSPS) is 13.2. The van der Waals surface area contributed by atoms with Crippen molar-refractivity contribution in [2.24, 2.45) is 35.1 Å². The fourth-order valence-corrected chi connectivity index (χ4v) is 6.33. The van der Waals surface area contributed by atoms with Crippen molar-refractivity contribution in [2.75, 3.05) is 0 Å². The number of amides is 2. The molecule has 0 spiro atoms. The Morgan fingerprint density at radius 1 is 0.333 bits per heavy atom. The molecule has 2 amide bonds. The fraction of sp³-hybridized carbons (Fsp3) is 0.947. The van der Waals surface area contributed by atoms with Crippen molar-refractivity contribution in [2.45, 2.75) is 207 Å². The van der Waals surface area contributed by atoms with Crippen LogP contribution in [0.15, 0.2) is 0 Å². The zero-order chi connectivity index (χ0) is 31.3. The van der Waals surface area contributed by atoms with Crippen LogP contribution < -0.4 is 11.5 Å². The largest absolute Gasteiger partial charge is 0.369 e.